The highest BCUT2D eigenvalue weighted by atomic mass is 32.2. The van der Waals surface area contributed by atoms with Crippen LogP contribution < -0.4 is 10.0 Å². The molecule has 8 nitrogen and oxygen atoms in total. The van der Waals surface area contributed by atoms with E-state index in [1.54, 1.807) is 49.4 Å². The maximum absolute atomic E-state index is 12.4. The molecule has 0 unspecified atom stereocenters. The molecular formula is C17H16N4O4S. The predicted molar refractivity (Wildman–Crippen MR) is 97.3 cm³/mol. The average molecular weight is 372 g/mol. The molecule has 0 aliphatic rings. The molecule has 9 heteroatoms. The highest BCUT2D eigenvalue weighted by molar-refractivity contribution is 7.92. The maximum atomic E-state index is 12.4. The van der Waals surface area contributed by atoms with Gasteiger partial charge in [0.25, 0.3) is 5.91 Å². The van der Waals surface area contributed by atoms with Crippen LogP contribution in [0.5, 0.6) is 0 Å². The van der Waals surface area contributed by atoms with E-state index < -0.39 is 10.0 Å². The molecule has 0 aliphatic heterocycles. The second-order valence-electron chi connectivity index (χ2n) is 5.63. The van der Waals surface area contributed by atoms with Crippen molar-refractivity contribution in [2.24, 2.45) is 0 Å². The number of hydrogen-bond donors (Lipinski definition) is 2. The lowest BCUT2D eigenvalue weighted by molar-refractivity contribution is 0.102. The molecule has 26 heavy (non-hydrogen) atoms. The molecule has 0 aliphatic carbocycles. The van der Waals surface area contributed by atoms with Gasteiger partial charge in [0.1, 0.15) is 0 Å². The van der Waals surface area contributed by atoms with Crippen molar-refractivity contribution < 1.29 is 17.7 Å². The van der Waals surface area contributed by atoms with Crippen molar-refractivity contribution in [3.8, 4) is 11.4 Å². The first kappa shape index (κ1) is 17.6. The Bertz CT molecular complexity index is 1060. The SMILES string of the molecule is Cc1nc(-c2cccc(NC(=O)c3cccc(NS(C)(=O)=O)c3)c2)no1. The number of amides is 1. The van der Waals surface area contributed by atoms with Gasteiger partial charge in [0.05, 0.1) is 6.26 Å². The van der Waals surface area contributed by atoms with Crippen molar-refractivity contribution in [1.29, 1.82) is 0 Å². The van der Waals surface area contributed by atoms with Crippen LogP contribution in [0.4, 0.5) is 11.4 Å². The molecule has 3 rings (SSSR count). The summed E-state index contributed by atoms with van der Waals surface area (Å²) in [5.41, 5.74) is 1.89. The zero-order chi connectivity index (χ0) is 18.7. The third-order valence-corrected chi connectivity index (χ3v) is 3.94. The summed E-state index contributed by atoms with van der Waals surface area (Å²) in [6, 6.07) is 13.2. The van der Waals surface area contributed by atoms with Gasteiger partial charge in [0, 0.05) is 29.4 Å². The molecule has 134 valence electrons. The summed E-state index contributed by atoms with van der Waals surface area (Å²) in [6.07, 6.45) is 1.05. The molecule has 0 fully saturated rings. The number of anilines is 2. The molecule has 0 radical (unpaired) electrons. The molecule has 0 atom stereocenters. The fraction of sp³-hybridized carbons (Fsp3) is 0.118. The van der Waals surface area contributed by atoms with Crippen molar-refractivity contribution in [3.05, 3.63) is 60.0 Å². The topological polar surface area (TPSA) is 114 Å². The van der Waals surface area contributed by atoms with E-state index >= 15 is 0 Å². The number of aromatic nitrogens is 2. The summed E-state index contributed by atoms with van der Waals surface area (Å²) < 4.78 is 29.9. The van der Waals surface area contributed by atoms with Gasteiger partial charge in [-0.15, -0.1) is 0 Å². The highest BCUT2D eigenvalue weighted by Gasteiger charge is 2.11. The van der Waals surface area contributed by atoms with Crippen molar-refractivity contribution in [2.75, 3.05) is 16.3 Å². The van der Waals surface area contributed by atoms with Gasteiger partial charge in [-0.25, -0.2) is 8.42 Å². The summed E-state index contributed by atoms with van der Waals surface area (Å²) in [5, 5.41) is 6.61. The number of benzene rings is 2. The van der Waals surface area contributed by atoms with Crippen LogP contribution in [0.25, 0.3) is 11.4 Å². The highest BCUT2D eigenvalue weighted by Crippen LogP contribution is 2.21. The molecular weight excluding hydrogens is 356 g/mol. The first-order chi connectivity index (χ1) is 12.3. The summed E-state index contributed by atoms with van der Waals surface area (Å²) in [4.78, 5) is 16.6. The maximum Gasteiger partial charge on any atom is 0.255 e. The molecule has 1 aromatic heterocycles. The third-order valence-electron chi connectivity index (χ3n) is 3.33. The van der Waals surface area contributed by atoms with Crippen molar-refractivity contribution in [3.63, 3.8) is 0 Å². The lowest BCUT2D eigenvalue weighted by Gasteiger charge is -2.08. The minimum absolute atomic E-state index is 0.316. The molecule has 0 saturated heterocycles. The second-order valence-corrected chi connectivity index (χ2v) is 7.38. The molecule has 3 aromatic rings. The van der Waals surface area contributed by atoms with Crippen LogP contribution in [0.3, 0.4) is 0 Å². The standard InChI is InChI=1S/C17H16N4O4S/c1-11-18-16(20-25-11)12-5-3-7-14(9-12)19-17(22)13-6-4-8-15(10-13)21-26(2,23)24/h3-10,21H,1-2H3,(H,19,22). The molecule has 0 bridgehead atoms. The van der Waals surface area contributed by atoms with Gasteiger partial charge in [0.15, 0.2) is 0 Å². The summed E-state index contributed by atoms with van der Waals surface area (Å²) >= 11 is 0. The smallest absolute Gasteiger partial charge is 0.255 e. The molecule has 1 amide bonds. The number of carbonyl (C=O) groups excluding carboxylic acids is 1. The van der Waals surface area contributed by atoms with E-state index in [9.17, 15) is 13.2 Å². The minimum atomic E-state index is -3.42. The van der Waals surface area contributed by atoms with Gasteiger partial charge in [-0.05, 0) is 30.3 Å². The van der Waals surface area contributed by atoms with Gasteiger partial charge in [-0.1, -0.05) is 23.4 Å². The van der Waals surface area contributed by atoms with Gasteiger partial charge in [-0.2, -0.15) is 4.98 Å². The van der Waals surface area contributed by atoms with E-state index in [1.165, 1.54) is 6.07 Å². The van der Waals surface area contributed by atoms with Gasteiger partial charge in [0.2, 0.25) is 21.7 Å². The summed E-state index contributed by atoms with van der Waals surface area (Å²) in [5.74, 6) is 0.506. The van der Waals surface area contributed by atoms with Gasteiger partial charge >= 0.3 is 0 Å². The lowest BCUT2D eigenvalue weighted by atomic mass is 10.1. The summed E-state index contributed by atoms with van der Waals surface area (Å²) in [7, 11) is -3.42. The van der Waals surface area contributed by atoms with Crippen LogP contribution in [0.2, 0.25) is 0 Å². The number of carbonyl (C=O) groups is 1. The van der Waals surface area contributed by atoms with Gasteiger partial charge in [-0.3, -0.25) is 9.52 Å². The Morgan fingerprint density at radius 2 is 1.81 bits per heavy atom. The Morgan fingerprint density at radius 3 is 2.50 bits per heavy atom. The number of nitrogens with zero attached hydrogens (tertiary/aromatic N) is 2. The number of sulfonamides is 1. The molecule has 2 N–H and O–H groups in total. The Kier molecular flexibility index (Phi) is 4.72. The van der Waals surface area contributed by atoms with Crippen LogP contribution in [0, 0.1) is 6.92 Å². The summed E-state index contributed by atoms with van der Waals surface area (Å²) in [6.45, 7) is 1.69. The normalized spacial score (nSPS) is 11.2. The van der Waals surface area contributed by atoms with E-state index in [1.807, 2.05) is 0 Å². The minimum Gasteiger partial charge on any atom is -0.339 e. The number of rotatable bonds is 5. The first-order valence-corrected chi connectivity index (χ1v) is 9.49. The zero-order valence-electron chi connectivity index (χ0n) is 14.1. The number of hydrogen-bond acceptors (Lipinski definition) is 6. The fourth-order valence-electron chi connectivity index (χ4n) is 2.29. The van der Waals surface area contributed by atoms with E-state index in [0.717, 1.165) is 6.26 Å². The lowest BCUT2D eigenvalue weighted by Crippen LogP contribution is -2.14. The van der Waals surface area contributed by atoms with Crippen LogP contribution >= 0.6 is 0 Å². The molecule has 1 heterocycles. The largest absolute Gasteiger partial charge is 0.339 e. The quantitative estimate of drug-likeness (QED) is 0.712. The Morgan fingerprint density at radius 1 is 1.08 bits per heavy atom. The van der Waals surface area contributed by atoms with E-state index in [0.29, 0.717) is 34.2 Å². The Balaban J connectivity index is 1.79. The third kappa shape index (κ3) is 4.45. The molecule has 0 spiro atoms. The van der Waals surface area contributed by atoms with Gasteiger partial charge < -0.3 is 9.84 Å². The molecule has 0 saturated carbocycles. The molecule has 2 aromatic carbocycles. The average Bonchev–Trinajstić information content (AvgIpc) is 3.00. The van der Waals surface area contributed by atoms with Crippen molar-refractivity contribution >= 4 is 27.3 Å². The van der Waals surface area contributed by atoms with E-state index in [4.69, 9.17) is 4.52 Å². The van der Waals surface area contributed by atoms with Crippen LogP contribution in [0.1, 0.15) is 16.2 Å². The monoisotopic (exact) mass is 372 g/mol. The first-order valence-electron chi connectivity index (χ1n) is 7.60. The Hall–Kier alpha value is -3.20. The number of aryl methyl sites for hydroxylation is 1. The number of nitrogens with one attached hydrogen (secondary N) is 2. The van der Waals surface area contributed by atoms with Crippen LogP contribution in [0.15, 0.2) is 53.1 Å². The Labute approximate surface area is 150 Å². The van der Waals surface area contributed by atoms with Crippen molar-refractivity contribution in [1.82, 2.24) is 10.1 Å². The van der Waals surface area contributed by atoms with Crippen LogP contribution in [-0.4, -0.2) is 30.7 Å². The zero-order valence-corrected chi connectivity index (χ0v) is 14.9. The van der Waals surface area contributed by atoms with Crippen LogP contribution in [-0.2, 0) is 10.0 Å². The van der Waals surface area contributed by atoms with E-state index in [2.05, 4.69) is 20.2 Å². The van der Waals surface area contributed by atoms with E-state index in [-0.39, 0.29) is 5.91 Å². The fourth-order valence-corrected chi connectivity index (χ4v) is 2.85. The van der Waals surface area contributed by atoms with Crippen molar-refractivity contribution in [2.45, 2.75) is 6.92 Å². The second kappa shape index (κ2) is 6.96. The predicted octanol–water partition coefficient (Wildman–Crippen LogP) is 2.67.